The van der Waals surface area contributed by atoms with Crippen molar-refractivity contribution in [3.63, 3.8) is 0 Å². The van der Waals surface area contributed by atoms with Crippen LogP contribution in [0.1, 0.15) is 26.5 Å². The van der Waals surface area contributed by atoms with Gasteiger partial charge in [-0.3, -0.25) is 4.98 Å². The van der Waals surface area contributed by atoms with Crippen LogP contribution in [-0.2, 0) is 11.4 Å². The Morgan fingerprint density at radius 3 is 2.60 bits per heavy atom. The molecule has 0 aliphatic rings. The van der Waals surface area contributed by atoms with E-state index in [4.69, 9.17) is 11.6 Å². The molecule has 0 fully saturated rings. The van der Waals surface area contributed by atoms with Crippen LogP contribution in [0.2, 0.25) is 5.02 Å². The van der Waals surface area contributed by atoms with Crippen molar-refractivity contribution in [2.75, 3.05) is 0 Å². The van der Waals surface area contributed by atoms with Gasteiger partial charge in [0.2, 0.25) is 0 Å². The van der Waals surface area contributed by atoms with Gasteiger partial charge in [-0.2, -0.15) is 0 Å². The summed E-state index contributed by atoms with van der Waals surface area (Å²) in [5.74, 6) is 0. The van der Waals surface area contributed by atoms with E-state index < -0.39 is 11.4 Å². The molecule has 0 aromatic carbocycles. The smallest absolute Gasteiger partial charge is 0.144 e. The van der Waals surface area contributed by atoms with Crippen LogP contribution in [0.3, 0.4) is 0 Å². The first-order chi connectivity index (χ1) is 6.89. The summed E-state index contributed by atoms with van der Waals surface area (Å²) in [7, 11) is 0. The topological polar surface area (TPSA) is 48.3 Å². The van der Waals surface area contributed by atoms with Crippen LogP contribution in [0, 0.1) is 0 Å². The summed E-state index contributed by atoms with van der Waals surface area (Å²) in [6.45, 7) is 5.61. The molecule has 1 rings (SSSR count). The van der Waals surface area contributed by atoms with Crippen LogP contribution < -0.4 is 0 Å². The van der Waals surface area contributed by atoms with Crippen molar-refractivity contribution in [1.29, 1.82) is 0 Å². The van der Waals surface area contributed by atoms with Crippen LogP contribution in [0.4, 0.5) is 0 Å². The Morgan fingerprint density at radius 1 is 1.47 bits per heavy atom. The summed E-state index contributed by atoms with van der Waals surface area (Å²) in [6.07, 6.45) is 3.03. The molecule has 0 N–H and O–H groups in total. The van der Waals surface area contributed by atoms with Crippen molar-refractivity contribution in [2.24, 2.45) is 4.40 Å². The van der Waals surface area contributed by atoms with E-state index in [-0.39, 0.29) is 4.75 Å². The van der Waals surface area contributed by atoms with E-state index in [2.05, 4.69) is 9.38 Å². The van der Waals surface area contributed by atoms with E-state index in [1.54, 1.807) is 12.1 Å². The molecule has 1 unspecified atom stereocenters. The summed E-state index contributed by atoms with van der Waals surface area (Å²) in [5.41, 5.74) is 0.650. The molecule has 0 aliphatic heterocycles. The van der Waals surface area contributed by atoms with E-state index in [9.17, 15) is 4.55 Å². The summed E-state index contributed by atoms with van der Waals surface area (Å²) < 4.78 is 15.2. The number of hydrogen-bond acceptors (Lipinski definition) is 3. The number of nitrogens with zero attached hydrogens (tertiary/aromatic N) is 2. The lowest BCUT2D eigenvalue weighted by Gasteiger charge is -2.17. The van der Waals surface area contributed by atoms with Gasteiger partial charge in [0.15, 0.2) is 0 Å². The molecule has 1 aromatic heterocycles. The Bertz CT molecular complexity index is 345. The second-order valence-corrected chi connectivity index (χ2v) is 6.37. The molecular formula is C10H13ClN2OS. The van der Waals surface area contributed by atoms with Gasteiger partial charge in [0.1, 0.15) is 22.3 Å². The highest BCUT2D eigenvalue weighted by Gasteiger charge is 2.25. The van der Waals surface area contributed by atoms with Crippen LogP contribution in [0.15, 0.2) is 22.7 Å². The number of aromatic nitrogens is 1. The van der Waals surface area contributed by atoms with Gasteiger partial charge in [-0.25, -0.2) is 0 Å². The quantitative estimate of drug-likeness (QED) is 0.593. The lowest BCUT2D eigenvalue weighted by molar-refractivity contribution is 0.562. The standard InChI is InChI=1S/C10H13ClN2OS/c1-10(2,3)15(14)13-7-9-5-4-8(11)6-12-9/h4-7H,1-3H3/b13-7-. The SMILES string of the molecule is CC(C)(C)[S+]([O-])/N=C\c1ccc(Cl)cn1. The highest BCUT2D eigenvalue weighted by Crippen LogP contribution is 2.16. The zero-order valence-corrected chi connectivity index (χ0v) is 10.5. The Kier molecular flexibility index (Phi) is 4.13. The molecule has 5 heteroatoms. The average molecular weight is 245 g/mol. The first-order valence-electron chi connectivity index (χ1n) is 4.47. The maximum absolute atomic E-state index is 11.6. The van der Waals surface area contributed by atoms with Crippen molar-refractivity contribution in [2.45, 2.75) is 25.5 Å². The molecule has 0 radical (unpaired) electrons. The predicted molar refractivity (Wildman–Crippen MR) is 64.7 cm³/mol. The Hall–Kier alpha value is -0.580. The minimum atomic E-state index is -1.25. The van der Waals surface area contributed by atoms with E-state index in [1.165, 1.54) is 12.4 Å². The predicted octanol–water partition coefficient (Wildman–Crippen LogP) is 2.62. The number of halogens is 1. The normalized spacial score (nSPS) is 14.5. The largest absolute Gasteiger partial charge is 0.591 e. The fourth-order valence-electron chi connectivity index (χ4n) is 0.724. The van der Waals surface area contributed by atoms with E-state index in [0.29, 0.717) is 10.7 Å². The summed E-state index contributed by atoms with van der Waals surface area (Å²) >= 11 is 4.43. The molecule has 1 atom stereocenters. The number of pyridine rings is 1. The van der Waals surface area contributed by atoms with E-state index >= 15 is 0 Å². The minimum Gasteiger partial charge on any atom is -0.591 e. The van der Waals surface area contributed by atoms with Gasteiger partial charge >= 0.3 is 0 Å². The molecule has 1 heterocycles. The molecule has 1 aromatic rings. The summed E-state index contributed by atoms with van der Waals surface area (Å²) in [5, 5.41) is 0.573. The van der Waals surface area contributed by atoms with Gasteiger partial charge in [-0.15, -0.1) is 0 Å². The van der Waals surface area contributed by atoms with Crippen molar-refractivity contribution in [1.82, 2.24) is 4.98 Å². The highest BCUT2D eigenvalue weighted by molar-refractivity contribution is 7.91. The maximum atomic E-state index is 11.6. The van der Waals surface area contributed by atoms with E-state index in [1.807, 2.05) is 20.8 Å². The summed E-state index contributed by atoms with van der Waals surface area (Å²) in [6, 6.07) is 3.45. The second kappa shape index (κ2) is 4.96. The fourth-order valence-corrected chi connectivity index (χ4v) is 1.36. The maximum Gasteiger partial charge on any atom is 0.144 e. The lowest BCUT2D eigenvalue weighted by Crippen LogP contribution is -2.25. The molecular weight excluding hydrogens is 232 g/mol. The third-order valence-corrected chi connectivity index (χ3v) is 3.12. The van der Waals surface area contributed by atoms with Crippen LogP contribution in [0.5, 0.6) is 0 Å². The zero-order chi connectivity index (χ0) is 11.5. The molecule has 0 saturated carbocycles. The molecule has 3 nitrogen and oxygen atoms in total. The zero-order valence-electron chi connectivity index (χ0n) is 8.90. The van der Waals surface area contributed by atoms with Gasteiger partial charge in [-0.1, -0.05) is 16.0 Å². The first kappa shape index (κ1) is 12.5. The van der Waals surface area contributed by atoms with Crippen molar-refractivity contribution >= 4 is 29.2 Å². The molecule has 0 bridgehead atoms. The molecule has 0 aliphatic carbocycles. The molecule has 0 amide bonds. The average Bonchev–Trinajstić information content (AvgIpc) is 2.15. The monoisotopic (exact) mass is 244 g/mol. The molecule has 0 saturated heterocycles. The van der Waals surface area contributed by atoms with Gasteiger partial charge < -0.3 is 4.55 Å². The third-order valence-electron chi connectivity index (χ3n) is 1.55. The molecule has 15 heavy (non-hydrogen) atoms. The summed E-state index contributed by atoms with van der Waals surface area (Å²) in [4.78, 5) is 4.02. The van der Waals surface area contributed by atoms with E-state index in [0.717, 1.165) is 0 Å². The fraction of sp³-hybridized carbons (Fsp3) is 0.400. The van der Waals surface area contributed by atoms with Gasteiger partial charge in [0.05, 0.1) is 10.7 Å². The van der Waals surface area contributed by atoms with Crippen molar-refractivity contribution in [3.05, 3.63) is 29.0 Å². The van der Waals surface area contributed by atoms with Crippen LogP contribution >= 0.6 is 11.6 Å². The van der Waals surface area contributed by atoms with Crippen molar-refractivity contribution < 1.29 is 4.55 Å². The number of hydrogen-bond donors (Lipinski definition) is 0. The lowest BCUT2D eigenvalue weighted by atomic mass is 10.3. The molecule has 0 spiro atoms. The molecule has 82 valence electrons. The Labute approximate surface area is 97.9 Å². The minimum absolute atomic E-state index is 0.344. The Balaban J connectivity index is 2.70. The van der Waals surface area contributed by atoms with Gasteiger partial charge in [0.25, 0.3) is 0 Å². The highest BCUT2D eigenvalue weighted by atomic mass is 35.5. The Morgan fingerprint density at radius 2 is 2.13 bits per heavy atom. The third kappa shape index (κ3) is 4.20. The van der Waals surface area contributed by atoms with Crippen molar-refractivity contribution in [3.8, 4) is 0 Å². The number of rotatable bonds is 2. The van der Waals surface area contributed by atoms with Crippen LogP contribution in [0.25, 0.3) is 0 Å². The van der Waals surface area contributed by atoms with Crippen LogP contribution in [-0.4, -0.2) is 20.5 Å². The second-order valence-electron chi connectivity index (χ2n) is 4.00. The van der Waals surface area contributed by atoms with Gasteiger partial charge in [-0.05, 0) is 32.9 Å². The first-order valence-corrected chi connectivity index (χ1v) is 5.96. The van der Waals surface area contributed by atoms with Gasteiger partial charge in [0, 0.05) is 6.20 Å².